The van der Waals surface area contributed by atoms with Gasteiger partial charge in [-0.2, -0.15) is 0 Å². The highest BCUT2D eigenvalue weighted by molar-refractivity contribution is 4.99. The Balaban J connectivity index is 3.04. The number of unbranched alkanes of at least 4 members (excludes halogenated alkanes) is 3. The summed E-state index contributed by atoms with van der Waals surface area (Å²) in [5.74, 6) is 0. The Morgan fingerprint density at radius 1 is 1.30 bits per heavy atom. The molecule has 0 aliphatic heterocycles. The minimum absolute atomic E-state index is 1.24. The molecule has 0 saturated heterocycles. The molecule has 0 fully saturated rings. The van der Waals surface area contributed by atoms with E-state index in [4.69, 9.17) is 0 Å². The van der Waals surface area contributed by atoms with E-state index in [9.17, 15) is 0 Å². The molecule has 0 saturated carbocycles. The van der Waals surface area contributed by atoms with E-state index in [0.717, 1.165) is 0 Å². The van der Waals surface area contributed by atoms with Crippen LogP contribution in [0.25, 0.3) is 0 Å². The molecule has 0 bridgehead atoms. The molecule has 0 N–H and O–H groups in total. The number of hydrogen-bond donors (Lipinski definition) is 0. The van der Waals surface area contributed by atoms with Crippen molar-refractivity contribution >= 4 is 0 Å². The lowest BCUT2D eigenvalue weighted by Gasteiger charge is -1.98. The van der Waals surface area contributed by atoms with Gasteiger partial charge in [-0.15, -0.1) is 0 Å². The van der Waals surface area contributed by atoms with Gasteiger partial charge in [0.25, 0.3) is 0 Å². The summed E-state index contributed by atoms with van der Waals surface area (Å²) in [6.07, 6.45) is 8.63. The van der Waals surface area contributed by atoms with Gasteiger partial charge in [-0.05, 0) is 26.7 Å². The molecular weight excluding hydrogens is 120 g/mol. The first-order valence-corrected chi connectivity index (χ1v) is 4.26. The second-order valence-corrected chi connectivity index (χ2v) is 2.86. The molecule has 0 heteroatoms. The van der Waals surface area contributed by atoms with Crippen molar-refractivity contribution in [2.45, 2.75) is 46.0 Å². The van der Waals surface area contributed by atoms with Crippen LogP contribution in [-0.4, -0.2) is 0 Å². The number of rotatable bonds is 5. The molecule has 0 unspecified atom stereocenters. The van der Waals surface area contributed by atoms with Crippen LogP contribution in [0.3, 0.4) is 0 Å². The van der Waals surface area contributed by atoms with Crippen molar-refractivity contribution in [3.63, 3.8) is 0 Å². The van der Waals surface area contributed by atoms with Gasteiger partial charge in [0.2, 0.25) is 0 Å². The molecule has 1 radical (unpaired) electrons. The Kier molecular flexibility index (Phi) is 6.68. The molecule has 0 rings (SSSR count). The summed E-state index contributed by atoms with van der Waals surface area (Å²) >= 11 is 0. The van der Waals surface area contributed by atoms with E-state index in [1.807, 2.05) is 6.08 Å². The third-order valence-corrected chi connectivity index (χ3v) is 1.77. The van der Waals surface area contributed by atoms with E-state index in [1.165, 1.54) is 37.7 Å². The van der Waals surface area contributed by atoms with E-state index in [2.05, 4.69) is 20.8 Å². The summed E-state index contributed by atoms with van der Waals surface area (Å²) < 4.78 is 0. The van der Waals surface area contributed by atoms with Crippen LogP contribution in [-0.2, 0) is 0 Å². The number of allylic oxidation sites excluding steroid dienone is 2. The van der Waals surface area contributed by atoms with Gasteiger partial charge in [0, 0.05) is 0 Å². The van der Waals surface area contributed by atoms with E-state index in [0.29, 0.717) is 0 Å². The summed E-state index contributed by atoms with van der Waals surface area (Å²) in [6.45, 7) is 8.11. The smallest absolute Gasteiger partial charge is 0.0313 e. The zero-order valence-corrected chi connectivity index (χ0v) is 7.32. The molecule has 0 amide bonds. The quantitative estimate of drug-likeness (QED) is 0.509. The van der Waals surface area contributed by atoms with E-state index in [1.54, 1.807) is 0 Å². The fourth-order valence-electron chi connectivity index (χ4n) is 0.933. The van der Waals surface area contributed by atoms with Crippen LogP contribution in [0, 0.1) is 6.92 Å². The van der Waals surface area contributed by atoms with Gasteiger partial charge in [-0.25, -0.2) is 0 Å². The minimum atomic E-state index is 1.24. The first-order valence-electron chi connectivity index (χ1n) is 4.26. The minimum Gasteiger partial charge on any atom is -0.0853 e. The Morgan fingerprint density at radius 2 is 2.00 bits per heavy atom. The van der Waals surface area contributed by atoms with Crippen molar-refractivity contribution < 1.29 is 0 Å². The first-order chi connectivity index (χ1) is 4.81. The maximum Gasteiger partial charge on any atom is -0.0313 e. The van der Waals surface area contributed by atoms with Crippen LogP contribution in [0.1, 0.15) is 46.0 Å². The molecule has 0 atom stereocenters. The average molecular weight is 139 g/mol. The lowest BCUT2D eigenvalue weighted by atomic mass is 10.1. The maximum absolute atomic E-state index is 3.72. The van der Waals surface area contributed by atoms with Gasteiger partial charge < -0.3 is 0 Å². The molecule has 0 aliphatic carbocycles. The van der Waals surface area contributed by atoms with Crippen molar-refractivity contribution in [3.8, 4) is 0 Å². The van der Waals surface area contributed by atoms with Crippen LogP contribution < -0.4 is 0 Å². The summed E-state index contributed by atoms with van der Waals surface area (Å²) in [6, 6.07) is 0. The Labute approximate surface area is 65.3 Å². The third-order valence-electron chi connectivity index (χ3n) is 1.77. The van der Waals surface area contributed by atoms with Crippen LogP contribution >= 0.6 is 0 Å². The largest absolute Gasteiger partial charge is 0.0853 e. The zero-order chi connectivity index (χ0) is 7.82. The fraction of sp³-hybridized carbons (Fsp3) is 0.700. The molecule has 0 aliphatic rings. The van der Waals surface area contributed by atoms with Crippen molar-refractivity contribution in [1.29, 1.82) is 0 Å². The van der Waals surface area contributed by atoms with Gasteiger partial charge in [-0.3, -0.25) is 0 Å². The van der Waals surface area contributed by atoms with Gasteiger partial charge in [-0.1, -0.05) is 37.8 Å². The summed E-state index contributed by atoms with van der Waals surface area (Å²) in [5.41, 5.74) is 1.43. The fourth-order valence-corrected chi connectivity index (χ4v) is 0.933. The molecule has 59 valence electrons. The topological polar surface area (TPSA) is 0 Å². The SMILES string of the molecule is [CH2]/C=C(\C)CCCCCC. The lowest BCUT2D eigenvalue weighted by Crippen LogP contribution is -1.78. The maximum atomic E-state index is 3.72. The lowest BCUT2D eigenvalue weighted by molar-refractivity contribution is 0.664. The van der Waals surface area contributed by atoms with Crippen molar-refractivity contribution in [1.82, 2.24) is 0 Å². The van der Waals surface area contributed by atoms with E-state index < -0.39 is 0 Å². The van der Waals surface area contributed by atoms with Gasteiger partial charge in [0.15, 0.2) is 0 Å². The van der Waals surface area contributed by atoms with Crippen molar-refractivity contribution in [2.75, 3.05) is 0 Å². The highest BCUT2D eigenvalue weighted by Crippen LogP contribution is 2.08. The predicted molar refractivity (Wildman–Crippen MR) is 47.9 cm³/mol. The molecule has 0 aromatic rings. The second-order valence-electron chi connectivity index (χ2n) is 2.86. The monoisotopic (exact) mass is 139 g/mol. The standard InChI is InChI=1S/C10H19/c1-4-6-7-8-9-10(3)5-2/h5H,2,4,6-9H2,1,3H3/b10-5+. The summed E-state index contributed by atoms with van der Waals surface area (Å²) in [5, 5.41) is 0. The van der Waals surface area contributed by atoms with E-state index >= 15 is 0 Å². The Bertz CT molecular complexity index is 90.2. The normalized spacial score (nSPS) is 12.1. The Morgan fingerprint density at radius 3 is 2.50 bits per heavy atom. The van der Waals surface area contributed by atoms with Gasteiger partial charge in [0.05, 0.1) is 0 Å². The first kappa shape index (κ1) is 9.74. The predicted octanol–water partition coefficient (Wildman–Crippen LogP) is 3.74. The third kappa shape index (κ3) is 5.87. The van der Waals surface area contributed by atoms with Crippen LogP contribution in [0.15, 0.2) is 11.6 Å². The second kappa shape index (κ2) is 6.85. The zero-order valence-electron chi connectivity index (χ0n) is 7.32. The van der Waals surface area contributed by atoms with Gasteiger partial charge in [0.1, 0.15) is 0 Å². The van der Waals surface area contributed by atoms with Crippen molar-refractivity contribution in [3.05, 3.63) is 18.6 Å². The van der Waals surface area contributed by atoms with Crippen LogP contribution in [0.5, 0.6) is 0 Å². The highest BCUT2D eigenvalue weighted by Gasteiger charge is 1.88. The molecule has 0 nitrogen and oxygen atoms in total. The molecule has 0 aromatic heterocycles. The summed E-state index contributed by atoms with van der Waals surface area (Å²) in [4.78, 5) is 0. The average Bonchev–Trinajstić information content (AvgIpc) is 1.98. The molecule has 10 heavy (non-hydrogen) atoms. The molecule has 0 spiro atoms. The van der Waals surface area contributed by atoms with Crippen molar-refractivity contribution in [2.24, 2.45) is 0 Å². The van der Waals surface area contributed by atoms with Crippen LogP contribution in [0.4, 0.5) is 0 Å². The highest BCUT2D eigenvalue weighted by atomic mass is 13.9. The molecule has 0 aromatic carbocycles. The van der Waals surface area contributed by atoms with E-state index in [-0.39, 0.29) is 0 Å². The van der Waals surface area contributed by atoms with Crippen LogP contribution in [0.2, 0.25) is 0 Å². The number of hydrogen-bond acceptors (Lipinski definition) is 0. The van der Waals surface area contributed by atoms with Gasteiger partial charge >= 0.3 is 0 Å². The molecular formula is C10H19. The Hall–Kier alpha value is -0.260. The summed E-state index contributed by atoms with van der Waals surface area (Å²) in [7, 11) is 0. The molecule has 0 heterocycles.